The first-order valence-electron chi connectivity index (χ1n) is 9.72. The monoisotopic (exact) mass is 354 g/mol. The number of carbonyl (C=O) groups is 1. The Labute approximate surface area is 154 Å². The highest BCUT2D eigenvalue weighted by Gasteiger charge is 2.50. The molecule has 1 aromatic carbocycles. The third-order valence-electron chi connectivity index (χ3n) is 6.65. The Morgan fingerprint density at radius 1 is 1.12 bits per heavy atom. The minimum absolute atomic E-state index is 0.0576. The van der Waals surface area contributed by atoms with Crippen LogP contribution in [0.1, 0.15) is 50.5 Å². The Balaban J connectivity index is 1.26. The van der Waals surface area contributed by atoms with E-state index in [0.29, 0.717) is 5.41 Å². The number of nitrogens with one attached hydrogen (secondary N) is 1. The van der Waals surface area contributed by atoms with E-state index in [2.05, 4.69) is 5.32 Å². The maximum Gasteiger partial charge on any atom is 0.269 e. The first kappa shape index (κ1) is 17.3. The Kier molecular flexibility index (Phi) is 4.55. The van der Waals surface area contributed by atoms with Gasteiger partial charge in [0.25, 0.3) is 5.69 Å². The fraction of sp³-hybridized carbons (Fsp3) is 0.571. The number of hydrogen-bond acceptors (Lipinski definition) is 3. The summed E-state index contributed by atoms with van der Waals surface area (Å²) >= 11 is 0. The van der Waals surface area contributed by atoms with Gasteiger partial charge in [-0.1, -0.05) is 0 Å². The van der Waals surface area contributed by atoms with Crippen LogP contribution in [0.15, 0.2) is 30.3 Å². The zero-order valence-corrected chi connectivity index (χ0v) is 15.0. The Morgan fingerprint density at radius 2 is 1.69 bits per heavy atom. The first-order chi connectivity index (χ1) is 12.5. The third kappa shape index (κ3) is 3.67. The van der Waals surface area contributed by atoms with Gasteiger partial charge in [0, 0.05) is 24.8 Å². The van der Waals surface area contributed by atoms with E-state index in [0.717, 1.165) is 36.3 Å². The molecule has 0 saturated heterocycles. The van der Waals surface area contributed by atoms with Crippen LogP contribution >= 0.6 is 0 Å². The predicted molar refractivity (Wildman–Crippen MR) is 100 cm³/mol. The lowest BCUT2D eigenvalue weighted by Gasteiger charge is -2.57. The smallest absolute Gasteiger partial charge is 0.269 e. The van der Waals surface area contributed by atoms with Crippen LogP contribution in [0, 0.1) is 33.3 Å². The number of nitro groups is 1. The highest BCUT2D eigenvalue weighted by molar-refractivity contribution is 5.91. The molecule has 0 radical (unpaired) electrons. The second kappa shape index (κ2) is 6.86. The standard InChI is InChI=1S/C21H26N2O3/c24-20(6-3-15-1-4-19(5-2-15)23(25)26)22-8-7-21-12-16-9-17(13-21)11-18(10-16)14-21/h1-6,16-18H,7-14H2,(H,22,24)/b6-3+. The van der Waals surface area contributed by atoms with Gasteiger partial charge >= 0.3 is 0 Å². The topological polar surface area (TPSA) is 72.2 Å². The van der Waals surface area contributed by atoms with Crippen LogP contribution in [0.4, 0.5) is 5.69 Å². The minimum Gasteiger partial charge on any atom is -0.353 e. The molecule has 0 aliphatic heterocycles. The van der Waals surface area contributed by atoms with Crippen LogP contribution in [0.2, 0.25) is 0 Å². The van der Waals surface area contributed by atoms with E-state index >= 15 is 0 Å². The zero-order chi connectivity index (χ0) is 18.1. The van der Waals surface area contributed by atoms with Crippen LogP contribution in [-0.4, -0.2) is 17.4 Å². The molecule has 5 rings (SSSR count). The number of amides is 1. The summed E-state index contributed by atoms with van der Waals surface area (Å²) < 4.78 is 0. The van der Waals surface area contributed by atoms with Crippen LogP contribution in [0.25, 0.3) is 6.08 Å². The number of rotatable bonds is 6. The second-order valence-electron chi connectivity index (χ2n) is 8.64. The van der Waals surface area contributed by atoms with E-state index in [9.17, 15) is 14.9 Å². The van der Waals surface area contributed by atoms with E-state index in [1.165, 1.54) is 56.7 Å². The van der Waals surface area contributed by atoms with Crippen LogP contribution < -0.4 is 5.32 Å². The first-order valence-corrected chi connectivity index (χ1v) is 9.72. The van der Waals surface area contributed by atoms with Gasteiger partial charge < -0.3 is 5.32 Å². The fourth-order valence-corrected chi connectivity index (χ4v) is 5.99. The molecule has 0 aromatic heterocycles. The van der Waals surface area contributed by atoms with Gasteiger partial charge in [-0.25, -0.2) is 0 Å². The predicted octanol–water partition coefficient (Wildman–Crippen LogP) is 4.33. The van der Waals surface area contributed by atoms with Crippen LogP contribution in [0.3, 0.4) is 0 Å². The van der Waals surface area contributed by atoms with Crippen molar-refractivity contribution in [2.75, 3.05) is 6.54 Å². The molecule has 4 aliphatic rings. The van der Waals surface area contributed by atoms with Crippen molar-refractivity contribution in [3.05, 3.63) is 46.0 Å². The quantitative estimate of drug-likeness (QED) is 0.469. The number of carbonyl (C=O) groups excluding carboxylic acids is 1. The van der Waals surface area contributed by atoms with Crippen molar-refractivity contribution in [3.8, 4) is 0 Å². The number of nitrogens with zero attached hydrogens (tertiary/aromatic N) is 1. The molecule has 1 N–H and O–H groups in total. The van der Waals surface area contributed by atoms with E-state index in [-0.39, 0.29) is 11.6 Å². The molecule has 1 amide bonds. The van der Waals surface area contributed by atoms with Crippen molar-refractivity contribution < 1.29 is 9.72 Å². The van der Waals surface area contributed by atoms with Gasteiger partial charge in [-0.3, -0.25) is 14.9 Å². The van der Waals surface area contributed by atoms with Gasteiger partial charge in [0.15, 0.2) is 0 Å². The molecule has 0 atom stereocenters. The Hall–Kier alpha value is -2.17. The number of benzene rings is 1. The summed E-state index contributed by atoms with van der Waals surface area (Å²) in [5.41, 5.74) is 1.33. The van der Waals surface area contributed by atoms with Crippen LogP contribution in [0.5, 0.6) is 0 Å². The van der Waals surface area contributed by atoms with Crippen molar-refractivity contribution in [2.45, 2.75) is 44.9 Å². The van der Waals surface area contributed by atoms with Crippen molar-refractivity contribution >= 4 is 17.7 Å². The molecule has 5 nitrogen and oxygen atoms in total. The lowest BCUT2D eigenvalue weighted by atomic mass is 9.49. The summed E-state index contributed by atoms with van der Waals surface area (Å²) in [4.78, 5) is 22.3. The second-order valence-corrected chi connectivity index (χ2v) is 8.64. The van der Waals surface area contributed by atoms with E-state index < -0.39 is 4.92 Å². The molecule has 4 saturated carbocycles. The summed E-state index contributed by atoms with van der Waals surface area (Å²) in [6.45, 7) is 0.746. The van der Waals surface area contributed by atoms with Gasteiger partial charge in [0.2, 0.25) is 5.91 Å². The SMILES string of the molecule is O=C(/C=C/c1ccc([N+](=O)[O-])cc1)NCCC12CC3CC(CC(C3)C1)C2. The largest absolute Gasteiger partial charge is 0.353 e. The fourth-order valence-electron chi connectivity index (χ4n) is 5.99. The van der Waals surface area contributed by atoms with Crippen molar-refractivity contribution in [3.63, 3.8) is 0 Å². The lowest BCUT2D eigenvalue weighted by Crippen LogP contribution is -2.47. The minimum atomic E-state index is -0.426. The highest BCUT2D eigenvalue weighted by Crippen LogP contribution is 2.61. The summed E-state index contributed by atoms with van der Waals surface area (Å²) in [5, 5.41) is 13.7. The van der Waals surface area contributed by atoms with Gasteiger partial charge in [0.1, 0.15) is 0 Å². The van der Waals surface area contributed by atoms with Gasteiger partial charge in [0.05, 0.1) is 4.92 Å². The summed E-state index contributed by atoms with van der Waals surface area (Å²) in [6.07, 6.45) is 12.8. The average Bonchev–Trinajstić information content (AvgIpc) is 2.59. The van der Waals surface area contributed by atoms with E-state index in [1.54, 1.807) is 18.2 Å². The molecule has 0 unspecified atom stereocenters. The van der Waals surface area contributed by atoms with E-state index in [1.807, 2.05) is 0 Å². The molecule has 4 bridgehead atoms. The Morgan fingerprint density at radius 3 is 2.23 bits per heavy atom. The molecule has 26 heavy (non-hydrogen) atoms. The average molecular weight is 354 g/mol. The number of nitro benzene ring substituents is 1. The van der Waals surface area contributed by atoms with Crippen molar-refractivity contribution in [2.24, 2.45) is 23.2 Å². The molecule has 0 heterocycles. The molecule has 1 aromatic rings. The maximum atomic E-state index is 12.1. The molecule has 138 valence electrons. The van der Waals surface area contributed by atoms with Crippen LogP contribution in [-0.2, 0) is 4.79 Å². The van der Waals surface area contributed by atoms with Gasteiger partial charge in [-0.05, 0) is 91.9 Å². The number of hydrogen-bond donors (Lipinski definition) is 1. The molecule has 5 heteroatoms. The summed E-state index contributed by atoms with van der Waals surface area (Å²) in [5.74, 6) is 2.74. The van der Waals surface area contributed by atoms with Gasteiger partial charge in [-0.2, -0.15) is 0 Å². The molecular weight excluding hydrogens is 328 g/mol. The number of non-ortho nitro benzene ring substituents is 1. The molecule has 4 fully saturated rings. The van der Waals surface area contributed by atoms with E-state index in [4.69, 9.17) is 0 Å². The van der Waals surface area contributed by atoms with Crippen molar-refractivity contribution in [1.29, 1.82) is 0 Å². The molecule has 0 spiro atoms. The highest BCUT2D eigenvalue weighted by atomic mass is 16.6. The lowest BCUT2D eigenvalue weighted by molar-refractivity contribution is -0.384. The zero-order valence-electron chi connectivity index (χ0n) is 15.0. The van der Waals surface area contributed by atoms with Gasteiger partial charge in [-0.15, -0.1) is 0 Å². The third-order valence-corrected chi connectivity index (χ3v) is 6.65. The van der Waals surface area contributed by atoms with Crippen molar-refractivity contribution in [1.82, 2.24) is 5.32 Å². The molecule has 4 aliphatic carbocycles. The molecular formula is C21H26N2O3. The summed E-state index contributed by atoms with van der Waals surface area (Å²) in [7, 11) is 0. The Bertz CT molecular complexity index is 688. The summed E-state index contributed by atoms with van der Waals surface area (Å²) in [6, 6.07) is 6.20. The maximum absolute atomic E-state index is 12.1. The normalized spacial score (nSPS) is 32.1.